The summed E-state index contributed by atoms with van der Waals surface area (Å²) in [6.07, 6.45) is 1.88. The molecule has 2 aromatic heterocycles. The van der Waals surface area contributed by atoms with Gasteiger partial charge in [0.15, 0.2) is 5.82 Å². The number of nitrogens with one attached hydrogen (secondary N) is 1. The first-order chi connectivity index (χ1) is 13.5. The summed E-state index contributed by atoms with van der Waals surface area (Å²) >= 11 is 0. The Labute approximate surface area is 160 Å². The molecule has 3 heterocycles. The number of rotatable bonds is 4. The molecule has 1 N–H and O–H groups in total. The molecule has 2 aliphatic rings. The lowest BCUT2D eigenvalue weighted by Gasteiger charge is -2.20. The number of benzene rings is 1. The fourth-order valence-electron chi connectivity index (χ4n) is 4.14. The van der Waals surface area contributed by atoms with Crippen LogP contribution < -0.4 is 10.9 Å². The van der Waals surface area contributed by atoms with Gasteiger partial charge in [0.05, 0.1) is 17.4 Å². The van der Waals surface area contributed by atoms with Crippen molar-refractivity contribution in [3.8, 4) is 0 Å². The van der Waals surface area contributed by atoms with E-state index in [-0.39, 0.29) is 23.9 Å². The summed E-state index contributed by atoms with van der Waals surface area (Å²) in [5.74, 6) is 0.801. The Hall–Kier alpha value is -3.23. The van der Waals surface area contributed by atoms with Crippen LogP contribution in [0, 0.1) is 5.92 Å². The average molecular weight is 380 g/mol. The molecule has 3 amide bonds. The van der Waals surface area contributed by atoms with E-state index in [9.17, 15) is 14.4 Å². The molecule has 28 heavy (non-hydrogen) atoms. The van der Waals surface area contributed by atoms with Crippen LogP contribution >= 0.6 is 0 Å². The van der Waals surface area contributed by atoms with Crippen LogP contribution in [0.25, 0.3) is 16.7 Å². The minimum Gasteiger partial charge on any atom is -0.323 e. The molecule has 1 aliphatic heterocycles. The second-order valence-electron chi connectivity index (χ2n) is 7.62. The molecule has 1 unspecified atom stereocenters. The van der Waals surface area contributed by atoms with Crippen molar-refractivity contribution in [1.82, 2.24) is 29.4 Å². The van der Waals surface area contributed by atoms with Crippen molar-refractivity contribution >= 4 is 28.6 Å². The standard InChI is InChI=1S/C19H20N6O3/c1-3-23-15(26)12-6-4-5-7-13(12)25-14(21-22-17(23)25)10-24-16(27)19(2,11-8-9-11)20-18(24)28/h4-7,11H,3,8-10H2,1-2H3,(H,20,28). The molecule has 9 nitrogen and oxygen atoms in total. The number of para-hydroxylation sites is 1. The van der Waals surface area contributed by atoms with Crippen molar-refractivity contribution < 1.29 is 9.59 Å². The van der Waals surface area contributed by atoms with Crippen LogP contribution in [0.15, 0.2) is 29.1 Å². The van der Waals surface area contributed by atoms with Gasteiger partial charge in [0.25, 0.3) is 11.5 Å². The van der Waals surface area contributed by atoms with Gasteiger partial charge in [-0.05, 0) is 44.7 Å². The number of hydrogen-bond acceptors (Lipinski definition) is 5. The summed E-state index contributed by atoms with van der Waals surface area (Å²) in [5.41, 5.74) is -0.324. The quantitative estimate of drug-likeness (QED) is 0.687. The number of fused-ring (bicyclic) bond motifs is 3. The van der Waals surface area contributed by atoms with E-state index in [0.29, 0.717) is 29.0 Å². The molecule has 2 fully saturated rings. The number of imide groups is 1. The number of hydrogen-bond donors (Lipinski definition) is 1. The summed E-state index contributed by atoms with van der Waals surface area (Å²) < 4.78 is 3.30. The molecular weight excluding hydrogens is 360 g/mol. The second kappa shape index (κ2) is 5.63. The third-order valence-corrected chi connectivity index (χ3v) is 5.89. The summed E-state index contributed by atoms with van der Waals surface area (Å²) in [6.45, 7) is 4.09. The molecule has 0 bridgehead atoms. The molecular formula is C19H20N6O3. The molecule has 3 aromatic rings. The maximum atomic E-state index is 13.0. The van der Waals surface area contributed by atoms with Crippen molar-refractivity contribution in [2.75, 3.05) is 0 Å². The highest BCUT2D eigenvalue weighted by molar-refractivity contribution is 6.07. The van der Waals surface area contributed by atoms with Crippen LogP contribution in [0.1, 0.15) is 32.5 Å². The molecule has 0 radical (unpaired) electrons. The van der Waals surface area contributed by atoms with Crippen LogP contribution in [-0.4, -0.2) is 41.5 Å². The smallest absolute Gasteiger partial charge is 0.323 e. The molecule has 144 valence electrons. The van der Waals surface area contributed by atoms with Gasteiger partial charge in [0.2, 0.25) is 5.78 Å². The molecule has 1 saturated heterocycles. The Balaban J connectivity index is 1.65. The molecule has 0 spiro atoms. The molecule has 1 aromatic carbocycles. The topological polar surface area (TPSA) is 102 Å². The van der Waals surface area contributed by atoms with Gasteiger partial charge in [-0.3, -0.25) is 23.5 Å². The van der Waals surface area contributed by atoms with Gasteiger partial charge in [0.1, 0.15) is 5.54 Å². The summed E-state index contributed by atoms with van der Waals surface area (Å²) in [4.78, 5) is 39.4. The van der Waals surface area contributed by atoms with Crippen molar-refractivity contribution in [3.05, 3.63) is 40.4 Å². The van der Waals surface area contributed by atoms with E-state index < -0.39 is 11.6 Å². The van der Waals surface area contributed by atoms with E-state index in [1.54, 1.807) is 28.0 Å². The second-order valence-corrected chi connectivity index (χ2v) is 7.62. The Kier molecular flexibility index (Phi) is 3.40. The number of aryl methyl sites for hydroxylation is 1. The largest absolute Gasteiger partial charge is 0.325 e. The van der Waals surface area contributed by atoms with E-state index in [2.05, 4.69) is 15.5 Å². The Bertz CT molecular complexity index is 1210. The van der Waals surface area contributed by atoms with Crippen LogP contribution in [0.5, 0.6) is 0 Å². The van der Waals surface area contributed by atoms with Crippen LogP contribution in [0.4, 0.5) is 4.79 Å². The normalized spacial score (nSPS) is 22.4. The lowest BCUT2D eigenvalue weighted by Crippen LogP contribution is -2.46. The van der Waals surface area contributed by atoms with E-state index in [0.717, 1.165) is 12.8 Å². The molecule has 9 heteroatoms. The van der Waals surface area contributed by atoms with E-state index in [1.165, 1.54) is 4.90 Å². The highest BCUT2D eigenvalue weighted by atomic mass is 16.2. The predicted octanol–water partition coefficient (Wildman–Crippen LogP) is 1.28. The summed E-state index contributed by atoms with van der Waals surface area (Å²) in [7, 11) is 0. The Morgan fingerprint density at radius 1 is 1.18 bits per heavy atom. The Morgan fingerprint density at radius 3 is 2.64 bits per heavy atom. The first kappa shape index (κ1) is 16.9. The van der Waals surface area contributed by atoms with Crippen LogP contribution in [-0.2, 0) is 17.9 Å². The number of nitrogens with zero attached hydrogens (tertiary/aromatic N) is 5. The summed E-state index contributed by atoms with van der Waals surface area (Å²) in [5, 5.41) is 11.8. The molecule has 1 saturated carbocycles. The van der Waals surface area contributed by atoms with Crippen molar-refractivity contribution in [2.45, 2.75) is 45.3 Å². The third-order valence-electron chi connectivity index (χ3n) is 5.89. The number of urea groups is 1. The zero-order valence-corrected chi connectivity index (χ0v) is 15.7. The fraction of sp³-hybridized carbons (Fsp3) is 0.421. The SMILES string of the molecule is CCn1c(=O)c2ccccc2n2c(CN3C(=O)NC(C)(C4CC4)C3=O)nnc12. The molecule has 1 atom stereocenters. The lowest BCUT2D eigenvalue weighted by molar-refractivity contribution is -0.131. The number of carbonyl (C=O) groups is 2. The lowest BCUT2D eigenvalue weighted by atomic mass is 9.96. The average Bonchev–Trinajstić information content (AvgIpc) is 3.43. The third kappa shape index (κ3) is 2.15. The van der Waals surface area contributed by atoms with Gasteiger partial charge in [-0.2, -0.15) is 0 Å². The van der Waals surface area contributed by atoms with E-state index in [1.807, 2.05) is 19.1 Å². The fourth-order valence-corrected chi connectivity index (χ4v) is 4.14. The van der Waals surface area contributed by atoms with Gasteiger partial charge < -0.3 is 5.32 Å². The van der Waals surface area contributed by atoms with Gasteiger partial charge in [-0.1, -0.05) is 12.1 Å². The van der Waals surface area contributed by atoms with Crippen molar-refractivity contribution in [2.24, 2.45) is 5.92 Å². The highest BCUT2D eigenvalue weighted by Crippen LogP contribution is 2.42. The van der Waals surface area contributed by atoms with E-state index in [4.69, 9.17) is 0 Å². The maximum Gasteiger partial charge on any atom is 0.325 e. The number of amides is 3. The minimum atomic E-state index is -0.842. The van der Waals surface area contributed by atoms with E-state index >= 15 is 0 Å². The van der Waals surface area contributed by atoms with Gasteiger partial charge in [-0.25, -0.2) is 4.79 Å². The monoisotopic (exact) mass is 380 g/mol. The van der Waals surface area contributed by atoms with Gasteiger partial charge in [-0.15, -0.1) is 10.2 Å². The number of carbonyl (C=O) groups excluding carboxylic acids is 2. The highest BCUT2D eigenvalue weighted by Gasteiger charge is 2.56. The van der Waals surface area contributed by atoms with Crippen molar-refractivity contribution in [3.63, 3.8) is 0 Å². The Morgan fingerprint density at radius 2 is 1.93 bits per heavy atom. The maximum absolute atomic E-state index is 13.0. The van der Waals surface area contributed by atoms with Crippen LogP contribution in [0.3, 0.4) is 0 Å². The summed E-state index contributed by atoms with van der Waals surface area (Å²) in [6, 6.07) is 6.79. The van der Waals surface area contributed by atoms with Gasteiger partial charge >= 0.3 is 6.03 Å². The van der Waals surface area contributed by atoms with Crippen molar-refractivity contribution in [1.29, 1.82) is 0 Å². The molecule has 1 aliphatic carbocycles. The minimum absolute atomic E-state index is 0.0000553. The first-order valence-electron chi connectivity index (χ1n) is 9.45. The first-order valence-corrected chi connectivity index (χ1v) is 9.45. The zero-order chi connectivity index (χ0) is 19.6. The predicted molar refractivity (Wildman–Crippen MR) is 101 cm³/mol. The molecule has 5 rings (SSSR count). The van der Waals surface area contributed by atoms with Crippen LogP contribution in [0.2, 0.25) is 0 Å². The number of aromatic nitrogens is 4. The zero-order valence-electron chi connectivity index (χ0n) is 15.7. The van der Waals surface area contributed by atoms with Gasteiger partial charge in [0, 0.05) is 6.54 Å².